The number of nitrogens with zero attached hydrogens (tertiary/aromatic N) is 2. The number of carbonyl (C=O) groups excluding carboxylic acids is 1. The molecule has 1 heterocycles. The van der Waals surface area contributed by atoms with Crippen molar-refractivity contribution in [2.24, 2.45) is 0 Å². The minimum atomic E-state index is -0.648. The maximum atomic E-state index is 11.9. The zero-order valence-corrected chi connectivity index (χ0v) is 19.3. The highest BCUT2D eigenvalue weighted by Crippen LogP contribution is 2.39. The van der Waals surface area contributed by atoms with Gasteiger partial charge in [0.2, 0.25) is 0 Å². The molecule has 3 rings (SSSR count). The van der Waals surface area contributed by atoms with Crippen LogP contribution < -0.4 is 4.74 Å². The monoisotopic (exact) mass is 470 g/mol. The molecule has 0 fully saturated rings. The molecule has 2 aromatic carbocycles. The third kappa shape index (κ3) is 6.11. The second-order valence-corrected chi connectivity index (χ2v) is 8.85. The minimum Gasteiger partial charge on any atom is -0.494 e. The first-order chi connectivity index (χ1) is 15.0. The molecule has 0 bridgehead atoms. The van der Waals surface area contributed by atoms with Gasteiger partial charge < -0.3 is 9.47 Å². The molecule has 0 aliphatic rings. The van der Waals surface area contributed by atoms with E-state index in [-0.39, 0.29) is 12.2 Å². The Labute approximate surface area is 194 Å². The molecule has 0 saturated heterocycles. The molecule has 0 aliphatic carbocycles. The van der Waals surface area contributed by atoms with Crippen LogP contribution in [0.5, 0.6) is 5.75 Å². The summed E-state index contributed by atoms with van der Waals surface area (Å²) in [4.78, 5) is 17.4. The largest absolute Gasteiger partial charge is 0.494 e. The Morgan fingerprint density at radius 1 is 1.19 bits per heavy atom. The number of hydrogen-bond acceptors (Lipinski definition) is 7. The molecular weight excluding hydrogens is 452 g/mol. The molecule has 31 heavy (non-hydrogen) atoms. The molecule has 0 radical (unpaired) electrons. The highest BCUT2D eigenvalue weighted by Gasteiger charge is 2.12. The highest BCUT2D eigenvalue weighted by atomic mass is 35.5. The van der Waals surface area contributed by atoms with Gasteiger partial charge in [-0.1, -0.05) is 35.5 Å². The number of fused-ring (bicyclic) bond motifs is 1. The number of nitriles is 1. The molecule has 0 aliphatic heterocycles. The van der Waals surface area contributed by atoms with E-state index in [0.29, 0.717) is 11.6 Å². The van der Waals surface area contributed by atoms with Crippen LogP contribution in [0.15, 0.2) is 64.5 Å². The molecule has 0 N–H and O–H groups in total. The molecular formula is C23H19ClN2O3S2. The summed E-state index contributed by atoms with van der Waals surface area (Å²) in [5, 5.41) is 9.92. The number of thioether (sulfide) groups is 1. The fourth-order valence-corrected chi connectivity index (χ4v) is 4.88. The van der Waals surface area contributed by atoms with E-state index >= 15 is 0 Å². The zero-order chi connectivity index (χ0) is 22.2. The summed E-state index contributed by atoms with van der Waals surface area (Å²) < 4.78 is 12.3. The van der Waals surface area contributed by atoms with E-state index in [1.807, 2.05) is 43.3 Å². The Morgan fingerprint density at radius 3 is 2.65 bits per heavy atom. The van der Waals surface area contributed by atoms with Gasteiger partial charge in [-0.25, -0.2) is 9.78 Å². The minimum absolute atomic E-state index is 0.0698. The number of aromatic nitrogens is 1. The molecule has 5 nitrogen and oxygen atoms in total. The Hall–Kier alpha value is -2.79. The summed E-state index contributed by atoms with van der Waals surface area (Å²) in [6.45, 7) is 4.45. The fraction of sp³-hybridized carbons (Fsp3) is 0.174. The second-order valence-electron chi connectivity index (χ2n) is 6.09. The summed E-state index contributed by atoms with van der Waals surface area (Å²) in [6.07, 6.45) is 3.19. The van der Waals surface area contributed by atoms with Gasteiger partial charge in [0, 0.05) is 9.93 Å². The zero-order valence-electron chi connectivity index (χ0n) is 16.9. The lowest BCUT2D eigenvalue weighted by molar-refractivity contribution is -0.138. The van der Waals surface area contributed by atoms with Crippen LogP contribution in [-0.2, 0) is 9.53 Å². The van der Waals surface area contributed by atoms with Crippen LogP contribution in [0.25, 0.3) is 15.1 Å². The van der Waals surface area contributed by atoms with Crippen molar-refractivity contribution in [3.63, 3.8) is 0 Å². The number of thiazole rings is 1. The Kier molecular flexibility index (Phi) is 8.13. The van der Waals surface area contributed by atoms with Gasteiger partial charge in [-0.15, -0.1) is 11.3 Å². The van der Waals surface area contributed by atoms with Gasteiger partial charge in [0.05, 0.1) is 23.4 Å². The number of carbonyl (C=O) groups is 1. The van der Waals surface area contributed by atoms with Crippen molar-refractivity contribution in [3.8, 4) is 11.8 Å². The summed E-state index contributed by atoms with van der Waals surface area (Å²) in [6, 6.07) is 15.0. The molecule has 0 amide bonds. The van der Waals surface area contributed by atoms with Crippen LogP contribution in [-0.4, -0.2) is 24.2 Å². The predicted octanol–water partition coefficient (Wildman–Crippen LogP) is 6.49. The first-order valence-electron chi connectivity index (χ1n) is 9.50. The van der Waals surface area contributed by atoms with Crippen LogP contribution in [0.1, 0.15) is 19.4 Å². The molecule has 8 heteroatoms. The van der Waals surface area contributed by atoms with Crippen molar-refractivity contribution >= 4 is 55.8 Å². The second kappa shape index (κ2) is 11.0. The average molecular weight is 471 g/mol. The van der Waals surface area contributed by atoms with Gasteiger partial charge in [0.1, 0.15) is 17.4 Å². The molecule has 1 aromatic heterocycles. The maximum absolute atomic E-state index is 11.9. The van der Waals surface area contributed by atoms with Gasteiger partial charge in [0.25, 0.3) is 0 Å². The number of esters is 1. The number of allylic oxidation sites excluding steroid dienone is 2. The van der Waals surface area contributed by atoms with Gasteiger partial charge in [-0.3, -0.25) is 0 Å². The van der Waals surface area contributed by atoms with Crippen molar-refractivity contribution in [1.29, 1.82) is 5.26 Å². The number of ether oxygens (including phenoxy) is 2. The number of halogens is 1. The lowest BCUT2D eigenvalue weighted by atomic mass is 10.2. The normalized spacial score (nSPS) is 11.9. The quantitative estimate of drug-likeness (QED) is 0.123. The van der Waals surface area contributed by atoms with Crippen molar-refractivity contribution in [2.75, 3.05) is 13.2 Å². The smallest absolute Gasteiger partial charge is 0.348 e. The van der Waals surface area contributed by atoms with Crippen LogP contribution in [0.3, 0.4) is 0 Å². The number of hydrogen-bond donors (Lipinski definition) is 0. The van der Waals surface area contributed by atoms with E-state index in [4.69, 9.17) is 26.1 Å². The summed E-state index contributed by atoms with van der Waals surface area (Å²) >= 11 is 9.03. The number of benzene rings is 2. The van der Waals surface area contributed by atoms with E-state index in [2.05, 4.69) is 0 Å². The lowest BCUT2D eigenvalue weighted by Crippen LogP contribution is -2.05. The van der Waals surface area contributed by atoms with Crippen LogP contribution >= 0.6 is 34.7 Å². The summed E-state index contributed by atoms with van der Waals surface area (Å²) in [7, 11) is 0. The Balaban J connectivity index is 1.97. The molecule has 0 spiro atoms. The Bertz CT molecular complexity index is 1180. The van der Waals surface area contributed by atoms with E-state index in [1.165, 1.54) is 17.8 Å². The average Bonchev–Trinajstić information content (AvgIpc) is 3.16. The van der Waals surface area contributed by atoms with Gasteiger partial charge in [-0.05, 0) is 61.9 Å². The fourth-order valence-electron chi connectivity index (χ4n) is 2.60. The van der Waals surface area contributed by atoms with Gasteiger partial charge in [0.15, 0.2) is 4.34 Å². The van der Waals surface area contributed by atoms with Crippen molar-refractivity contribution in [2.45, 2.75) is 18.2 Å². The maximum Gasteiger partial charge on any atom is 0.348 e. The highest BCUT2D eigenvalue weighted by molar-refractivity contribution is 8.09. The van der Waals surface area contributed by atoms with Gasteiger partial charge in [-0.2, -0.15) is 5.26 Å². The van der Waals surface area contributed by atoms with Crippen LogP contribution in [0, 0.1) is 11.3 Å². The van der Waals surface area contributed by atoms with Gasteiger partial charge >= 0.3 is 5.97 Å². The van der Waals surface area contributed by atoms with Crippen LogP contribution in [0.4, 0.5) is 0 Å². The van der Waals surface area contributed by atoms with E-state index in [0.717, 1.165) is 30.8 Å². The van der Waals surface area contributed by atoms with E-state index < -0.39 is 5.97 Å². The topological polar surface area (TPSA) is 72.2 Å². The van der Waals surface area contributed by atoms with Crippen molar-refractivity contribution in [3.05, 3.63) is 70.8 Å². The summed E-state index contributed by atoms with van der Waals surface area (Å²) in [5.41, 5.74) is 1.70. The lowest BCUT2D eigenvalue weighted by Gasteiger charge is -2.05. The SMILES string of the molecule is CCOC(=O)/C(C#N)=C\C=C(\Sc1nc2ccc(OCC)cc2s1)c1ccc(Cl)cc1. The summed E-state index contributed by atoms with van der Waals surface area (Å²) in [5.74, 6) is 0.157. The predicted molar refractivity (Wildman–Crippen MR) is 126 cm³/mol. The molecule has 158 valence electrons. The third-order valence-corrected chi connectivity index (χ3v) is 6.42. The first-order valence-corrected chi connectivity index (χ1v) is 11.5. The molecule has 0 saturated carbocycles. The van der Waals surface area contributed by atoms with Crippen molar-refractivity contribution < 1.29 is 14.3 Å². The van der Waals surface area contributed by atoms with Crippen LogP contribution in [0.2, 0.25) is 5.02 Å². The van der Waals surface area contributed by atoms with Crippen molar-refractivity contribution in [1.82, 2.24) is 4.98 Å². The number of rotatable bonds is 8. The van der Waals surface area contributed by atoms with E-state index in [1.54, 1.807) is 36.5 Å². The van der Waals surface area contributed by atoms with E-state index in [9.17, 15) is 10.1 Å². The molecule has 0 atom stereocenters. The standard InChI is InChI=1S/C23H19ClN2O3S2/c1-3-28-18-10-11-19-21(13-18)31-23(26-19)30-20(15-5-8-17(24)9-6-15)12-7-16(14-25)22(27)29-4-2/h5-13H,3-4H2,1-2H3/b16-7-,20-12+. The Morgan fingerprint density at radius 2 is 1.97 bits per heavy atom. The first kappa shape index (κ1) is 22.9. The third-order valence-electron chi connectivity index (χ3n) is 3.99. The molecule has 0 unspecified atom stereocenters. The molecule has 3 aromatic rings.